The highest BCUT2D eigenvalue weighted by atomic mass is 28.4. The van der Waals surface area contributed by atoms with Crippen LogP contribution in [0.25, 0.3) is 0 Å². The number of rotatable bonds is 9. The van der Waals surface area contributed by atoms with Crippen molar-refractivity contribution < 1.29 is 23.5 Å². The summed E-state index contributed by atoms with van der Waals surface area (Å²) in [7, 11) is -0.401. The SMILES string of the molecule is [CH2]c1ccc(OC)cc1C(C(=O)O)/C(=C1\CC(CO[Si](C)(C)C(C)(C)C)C(c2cccc(F)c2)C1)C1CC1. The number of carboxylic acids is 1. The summed E-state index contributed by atoms with van der Waals surface area (Å²) in [6.45, 7) is 16.0. The fraction of sp³-hybridized carbons (Fsp3) is 0.500. The van der Waals surface area contributed by atoms with E-state index in [1.54, 1.807) is 19.2 Å². The smallest absolute Gasteiger partial charge is 0.315 e. The fourth-order valence-corrected chi connectivity index (χ4v) is 6.63. The van der Waals surface area contributed by atoms with Gasteiger partial charge in [-0.05, 0) is 115 Å². The Morgan fingerprint density at radius 3 is 2.45 bits per heavy atom. The minimum absolute atomic E-state index is 0.0817. The van der Waals surface area contributed by atoms with E-state index in [9.17, 15) is 14.3 Å². The van der Waals surface area contributed by atoms with Gasteiger partial charge in [-0.25, -0.2) is 4.39 Å². The molecule has 0 amide bonds. The van der Waals surface area contributed by atoms with Crippen LogP contribution < -0.4 is 4.74 Å². The first-order valence-electron chi connectivity index (χ1n) is 13.7. The lowest BCUT2D eigenvalue weighted by molar-refractivity contribution is -0.137. The second-order valence-corrected chi connectivity index (χ2v) is 17.4. The van der Waals surface area contributed by atoms with Gasteiger partial charge in [0, 0.05) is 6.61 Å². The Balaban J connectivity index is 1.77. The summed E-state index contributed by atoms with van der Waals surface area (Å²) in [4.78, 5) is 12.9. The van der Waals surface area contributed by atoms with Crippen molar-refractivity contribution in [1.29, 1.82) is 0 Å². The summed E-state index contributed by atoms with van der Waals surface area (Å²) < 4.78 is 26.4. The van der Waals surface area contributed by atoms with Gasteiger partial charge in [-0.15, -0.1) is 0 Å². The molecule has 0 aromatic heterocycles. The standard InChI is InChI=1S/C32H42FO4Si/c1-20-11-14-26(36-5)18-27(20)30(31(34)35)29(21-12-13-21)23-15-24(19-37-38(6,7)32(2,3)4)28(17-23)22-9-8-10-25(33)16-22/h8-11,14,16,18,21,24,28,30H,1,12-13,15,17,19H2,2-7H3,(H,34,35)/b29-23+. The van der Waals surface area contributed by atoms with E-state index in [1.807, 2.05) is 24.3 Å². The largest absolute Gasteiger partial charge is 0.497 e. The Hall–Kier alpha value is -2.44. The van der Waals surface area contributed by atoms with Crippen LogP contribution in [0.15, 0.2) is 53.6 Å². The fourth-order valence-electron chi connectivity index (χ4n) is 5.57. The predicted molar refractivity (Wildman–Crippen MR) is 153 cm³/mol. The molecule has 2 aliphatic rings. The quantitative estimate of drug-likeness (QED) is 0.259. The van der Waals surface area contributed by atoms with Crippen LogP contribution in [-0.2, 0) is 9.22 Å². The lowest BCUT2D eigenvalue weighted by Gasteiger charge is -2.37. The van der Waals surface area contributed by atoms with Gasteiger partial charge >= 0.3 is 5.97 Å². The monoisotopic (exact) mass is 537 g/mol. The maximum Gasteiger partial charge on any atom is 0.315 e. The number of carboxylic acid groups (broad SMARTS) is 1. The Kier molecular flexibility index (Phi) is 8.25. The molecule has 2 saturated carbocycles. The van der Waals surface area contributed by atoms with E-state index < -0.39 is 20.2 Å². The normalized spacial score (nSPS) is 22.3. The molecule has 4 rings (SSSR count). The third-order valence-electron chi connectivity index (χ3n) is 8.93. The van der Waals surface area contributed by atoms with E-state index in [4.69, 9.17) is 9.16 Å². The van der Waals surface area contributed by atoms with Gasteiger partial charge in [0.05, 0.1) is 7.11 Å². The van der Waals surface area contributed by atoms with Crippen LogP contribution >= 0.6 is 0 Å². The topological polar surface area (TPSA) is 55.8 Å². The molecule has 2 aromatic carbocycles. The number of halogens is 1. The molecule has 38 heavy (non-hydrogen) atoms. The summed E-state index contributed by atoms with van der Waals surface area (Å²) in [5.41, 5.74) is 4.57. The third kappa shape index (κ3) is 6.07. The molecule has 2 fully saturated rings. The lowest BCUT2D eigenvalue weighted by atomic mass is 9.82. The zero-order chi connectivity index (χ0) is 27.8. The molecule has 6 heteroatoms. The molecule has 2 aromatic rings. The molecule has 2 aliphatic carbocycles. The molecule has 0 spiro atoms. The highest BCUT2D eigenvalue weighted by Gasteiger charge is 2.44. The van der Waals surface area contributed by atoms with Crippen LogP contribution in [0.4, 0.5) is 4.39 Å². The molecule has 0 saturated heterocycles. The summed E-state index contributed by atoms with van der Waals surface area (Å²) in [5.74, 6) is -0.748. The molecule has 1 radical (unpaired) electrons. The van der Waals surface area contributed by atoms with E-state index in [2.05, 4.69) is 40.8 Å². The molecule has 205 valence electrons. The van der Waals surface area contributed by atoms with Crippen LogP contribution in [-0.4, -0.2) is 33.1 Å². The van der Waals surface area contributed by atoms with Gasteiger partial charge in [0.1, 0.15) is 17.5 Å². The number of aliphatic carboxylic acids is 1. The average molecular weight is 538 g/mol. The van der Waals surface area contributed by atoms with Crippen LogP contribution in [0.1, 0.15) is 75.0 Å². The minimum Gasteiger partial charge on any atom is -0.497 e. The van der Waals surface area contributed by atoms with Crippen LogP contribution in [0.2, 0.25) is 18.1 Å². The van der Waals surface area contributed by atoms with Crippen molar-refractivity contribution in [2.45, 2.75) is 76.4 Å². The maximum atomic E-state index is 14.3. The van der Waals surface area contributed by atoms with Crippen LogP contribution in [0.5, 0.6) is 5.75 Å². The number of ether oxygens (including phenoxy) is 1. The first kappa shape index (κ1) is 28.6. The summed E-state index contributed by atoms with van der Waals surface area (Å²) >= 11 is 0. The van der Waals surface area contributed by atoms with Crippen molar-refractivity contribution in [2.75, 3.05) is 13.7 Å². The maximum absolute atomic E-state index is 14.3. The Morgan fingerprint density at radius 1 is 1.16 bits per heavy atom. The number of allylic oxidation sites excluding steroid dienone is 1. The van der Waals surface area contributed by atoms with Crippen molar-refractivity contribution in [3.05, 3.63) is 83.0 Å². The zero-order valence-corrected chi connectivity index (χ0v) is 24.6. The van der Waals surface area contributed by atoms with Gasteiger partial charge in [-0.3, -0.25) is 4.79 Å². The van der Waals surface area contributed by atoms with Crippen molar-refractivity contribution in [3.8, 4) is 5.75 Å². The van der Waals surface area contributed by atoms with Gasteiger partial charge in [-0.2, -0.15) is 0 Å². The highest BCUT2D eigenvalue weighted by molar-refractivity contribution is 6.74. The molecule has 3 unspecified atom stereocenters. The molecule has 4 nitrogen and oxygen atoms in total. The number of carbonyl (C=O) groups is 1. The number of hydrogen-bond donors (Lipinski definition) is 1. The molecular weight excluding hydrogens is 495 g/mol. The van der Waals surface area contributed by atoms with Gasteiger partial charge in [-0.1, -0.05) is 44.5 Å². The van der Waals surface area contributed by atoms with E-state index in [1.165, 1.54) is 11.6 Å². The molecule has 0 bridgehead atoms. The molecule has 0 aliphatic heterocycles. The van der Waals surface area contributed by atoms with Crippen molar-refractivity contribution in [2.24, 2.45) is 11.8 Å². The van der Waals surface area contributed by atoms with E-state index in [0.29, 0.717) is 23.5 Å². The Bertz CT molecular complexity index is 1210. The second-order valence-electron chi connectivity index (χ2n) is 12.6. The predicted octanol–water partition coefficient (Wildman–Crippen LogP) is 8.11. The van der Waals surface area contributed by atoms with E-state index >= 15 is 0 Å². The molecule has 1 N–H and O–H groups in total. The third-order valence-corrected chi connectivity index (χ3v) is 13.4. The first-order valence-corrected chi connectivity index (χ1v) is 16.6. The Labute approximate surface area is 228 Å². The van der Waals surface area contributed by atoms with Crippen molar-refractivity contribution in [1.82, 2.24) is 0 Å². The minimum atomic E-state index is -1.99. The molecular formula is C32H42FO4Si. The Morgan fingerprint density at radius 2 is 1.87 bits per heavy atom. The van der Waals surface area contributed by atoms with E-state index in [0.717, 1.165) is 36.8 Å². The first-order chi connectivity index (χ1) is 17.8. The van der Waals surface area contributed by atoms with Gasteiger partial charge < -0.3 is 14.3 Å². The molecule has 0 heterocycles. The van der Waals surface area contributed by atoms with Gasteiger partial charge in [0.15, 0.2) is 8.32 Å². The average Bonchev–Trinajstić information content (AvgIpc) is 3.59. The summed E-state index contributed by atoms with van der Waals surface area (Å²) in [5, 5.41) is 10.6. The van der Waals surface area contributed by atoms with Crippen molar-refractivity contribution >= 4 is 14.3 Å². The number of benzene rings is 2. The number of methoxy groups -OCH3 is 1. The second kappa shape index (κ2) is 11.0. The highest BCUT2D eigenvalue weighted by Crippen LogP contribution is 2.53. The van der Waals surface area contributed by atoms with Gasteiger partial charge in [0.25, 0.3) is 0 Å². The van der Waals surface area contributed by atoms with E-state index in [-0.39, 0.29) is 28.6 Å². The van der Waals surface area contributed by atoms with Crippen LogP contribution in [0.3, 0.4) is 0 Å². The molecule has 3 atom stereocenters. The van der Waals surface area contributed by atoms with Gasteiger partial charge in [0.2, 0.25) is 0 Å². The number of hydrogen-bond acceptors (Lipinski definition) is 3. The summed E-state index contributed by atoms with van der Waals surface area (Å²) in [6, 6.07) is 12.3. The summed E-state index contributed by atoms with van der Waals surface area (Å²) in [6.07, 6.45) is 3.48. The zero-order valence-electron chi connectivity index (χ0n) is 23.6. The van der Waals surface area contributed by atoms with Crippen LogP contribution in [0, 0.1) is 24.6 Å². The lowest BCUT2D eigenvalue weighted by Crippen LogP contribution is -2.42. The van der Waals surface area contributed by atoms with Crippen molar-refractivity contribution in [3.63, 3.8) is 0 Å².